The SMILES string of the molecule is O=C(Oc1ccc(C(F)(F)F)cc1)N(CC(S)CCc1nn[nH]n1)c1ccc2ncsc2n1. The molecule has 0 aliphatic heterocycles. The number of amides is 1. The zero-order chi connectivity index (χ0) is 23.4. The van der Waals surface area contributed by atoms with E-state index in [1.807, 2.05) is 0 Å². The molecule has 1 atom stereocenters. The fourth-order valence-electron chi connectivity index (χ4n) is 2.91. The molecule has 3 aromatic heterocycles. The number of fused-ring (bicyclic) bond motifs is 1. The summed E-state index contributed by atoms with van der Waals surface area (Å²) in [6.45, 7) is 0.123. The first-order chi connectivity index (χ1) is 15.8. The molecule has 0 saturated carbocycles. The lowest BCUT2D eigenvalue weighted by molar-refractivity contribution is -0.137. The van der Waals surface area contributed by atoms with E-state index in [1.54, 1.807) is 17.6 Å². The number of carbonyl (C=O) groups is 1. The highest BCUT2D eigenvalue weighted by atomic mass is 32.1. The van der Waals surface area contributed by atoms with Crippen molar-refractivity contribution in [2.75, 3.05) is 11.4 Å². The first-order valence-corrected chi connectivity index (χ1v) is 11.0. The van der Waals surface area contributed by atoms with Gasteiger partial charge in [0, 0.05) is 18.2 Å². The van der Waals surface area contributed by atoms with E-state index in [0.29, 0.717) is 34.8 Å². The van der Waals surface area contributed by atoms with Crippen LogP contribution in [0.3, 0.4) is 0 Å². The molecular weight excluding hydrogens is 479 g/mol. The molecule has 0 aliphatic carbocycles. The van der Waals surface area contributed by atoms with Crippen molar-refractivity contribution in [2.24, 2.45) is 0 Å². The van der Waals surface area contributed by atoms with E-state index in [4.69, 9.17) is 4.74 Å². The van der Waals surface area contributed by atoms with Crippen LogP contribution in [-0.2, 0) is 12.6 Å². The number of halogens is 3. The quantitative estimate of drug-likeness (QED) is 0.371. The third-order valence-electron chi connectivity index (χ3n) is 4.55. The molecule has 1 N–H and O–H groups in total. The summed E-state index contributed by atoms with van der Waals surface area (Å²) in [6.07, 6.45) is -4.28. The van der Waals surface area contributed by atoms with Crippen molar-refractivity contribution < 1.29 is 22.7 Å². The van der Waals surface area contributed by atoms with Crippen molar-refractivity contribution in [1.82, 2.24) is 30.6 Å². The molecule has 4 aromatic rings. The maximum Gasteiger partial charge on any atom is 0.420 e. The second-order valence-corrected chi connectivity index (χ2v) is 8.43. The molecule has 172 valence electrons. The van der Waals surface area contributed by atoms with Crippen LogP contribution >= 0.6 is 24.0 Å². The molecule has 9 nitrogen and oxygen atoms in total. The standard InChI is InChI=1S/C19H16F3N7O2S2/c20-19(21,22)11-1-3-12(4-2-11)31-18(30)29(9-13(32)5-7-15-25-27-28-26-15)16-8-6-14-17(24-16)33-10-23-14/h1-4,6,8,10,13,32H,5,7,9H2,(H,25,26,27,28). The average molecular weight is 496 g/mol. The molecule has 1 aromatic carbocycles. The van der Waals surface area contributed by atoms with Gasteiger partial charge in [0.1, 0.15) is 21.9 Å². The van der Waals surface area contributed by atoms with Crippen molar-refractivity contribution in [2.45, 2.75) is 24.3 Å². The van der Waals surface area contributed by atoms with Crippen LogP contribution in [0.15, 0.2) is 41.9 Å². The first kappa shape index (κ1) is 22.9. The van der Waals surface area contributed by atoms with Gasteiger partial charge in [-0.25, -0.2) is 14.8 Å². The van der Waals surface area contributed by atoms with Crippen LogP contribution in [0.4, 0.5) is 23.8 Å². The van der Waals surface area contributed by atoms with Crippen LogP contribution in [-0.4, -0.2) is 48.5 Å². The molecule has 3 heterocycles. The van der Waals surface area contributed by atoms with E-state index in [9.17, 15) is 18.0 Å². The number of tetrazole rings is 1. The molecule has 33 heavy (non-hydrogen) atoms. The number of nitrogens with zero attached hydrogens (tertiary/aromatic N) is 6. The number of alkyl halides is 3. The maximum absolute atomic E-state index is 13.0. The minimum Gasteiger partial charge on any atom is -0.410 e. The molecule has 0 fully saturated rings. The number of benzene rings is 1. The summed E-state index contributed by atoms with van der Waals surface area (Å²) in [6, 6.07) is 7.22. The van der Waals surface area contributed by atoms with Gasteiger partial charge in [0.15, 0.2) is 5.82 Å². The fraction of sp³-hybridized carbons (Fsp3) is 0.263. The Morgan fingerprint density at radius 1 is 1.21 bits per heavy atom. The number of hydrogen-bond acceptors (Lipinski definition) is 9. The molecule has 0 aliphatic rings. The monoisotopic (exact) mass is 495 g/mol. The van der Waals surface area contributed by atoms with Crippen LogP contribution < -0.4 is 9.64 Å². The lowest BCUT2D eigenvalue weighted by Crippen LogP contribution is -2.38. The summed E-state index contributed by atoms with van der Waals surface area (Å²) in [5.74, 6) is 0.791. The maximum atomic E-state index is 13.0. The number of anilines is 1. The number of rotatable bonds is 7. The predicted molar refractivity (Wildman–Crippen MR) is 118 cm³/mol. The summed E-state index contributed by atoms with van der Waals surface area (Å²) in [5, 5.41) is 13.3. The average Bonchev–Trinajstić information content (AvgIpc) is 3.47. The number of carbonyl (C=O) groups excluding carboxylic acids is 1. The van der Waals surface area contributed by atoms with Crippen molar-refractivity contribution >= 4 is 46.2 Å². The van der Waals surface area contributed by atoms with Gasteiger partial charge in [-0.2, -0.15) is 31.0 Å². The van der Waals surface area contributed by atoms with Gasteiger partial charge in [-0.15, -0.1) is 21.5 Å². The Morgan fingerprint density at radius 3 is 2.70 bits per heavy atom. The number of ether oxygens (including phenoxy) is 1. The molecule has 1 amide bonds. The third kappa shape index (κ3) is 5.76. The lowest BCUT2D eigenvalue weighted by atomic mass is 10.2. The zero-order valence-electron chi connectivity index (χ0n) is 16.7. The summed E-state index contributed by atoms with van der Waals surface area (Å²) in [4.78, 5) is 23.5. The highest BCUT2D eigenvalue weighted by Gasteiger charge is 2.30. The van der Waals surface area contributed by atoms with Crippen LogP contribution in [0.2, 0.25) is 0 Å². The van der Waals surface area contributed by atoms with Crippen molar-refractivity contribution in [3.8, 4) is 5.75 Å². The van der Waals surface area contributed by atoms with Crippen LogP contribution in [0.25, 0.3) is 10.3 Å². The predicted octanol–water partition coefficient (Wildman–Crippen LogP) is 4.16. The van der Waals surface area contributed by atoms with E-state index in [1.165, 1.54) is 16.2 Å². The summed E-state index contributed by atoms with van der Waals surface area (Å²) in [5.41, 5.74) is 1.48. The van der Waals surface area contributed by atoms with Gasteiger partial charge in [0.05, 0.1) is 11.1 Å². The first-order valence-electron chi connectivity index (χ1n) is 9.57. The van der Waals surface area contributed by atoms with Crippen molar-refractivity contribution in [3.63, 3.8) is 0 Å². The number of hydrogen-bond donors (Lipinski definition) is 2. The van der Waals surface area contributed by atoms with E-state index >= 15 is 0 Å². The Kier molecular flexibility index (Phi) is 6.74. The van der Waals surface area contributed by atoms with Crippen LogP contribution in [0.1, 0.15) is 17.8 Å². The Balaban J connectivity index is 1.52. The minimum atomic E-state index is -4.49. The molecule has 0 bridgehead atoms. The Morgan fingerprint density at radius 2 is 2.00 bits per heavy atom. The summed E-state index contributed by atoms with van der Waals surface area (Å²) in [7, 11) is 0. The molecule has 14 heteroatoms. The highest BCUT2D eigenvalue weighted by molar-refractivity contribution is 7.81. The molecular formula is C19H16F3N7O2S2. The topological polar surface area (TPSA) is 110 Å². The normalized spacial score (nSPS) is 12.6. The lowest BCUT2D eigenvalue weighted by Gasteiger charge is -2.24. The second-order valence-electron chi connectivity index (χ2n) is 6.87. The number of aryl methyl sites for hydroxylation is 1. The van der Waals surface area contributed by atoms with Gasteiger partial charge in [-0.1, -0.05) is 5.21 Å². The zero-order valence-corrected chi connectivity index (χ0v) is 18.4. The van der Waals surface area contributed by atoms with E-state index in [0.717, 1.165) is 24.3 Å². The minimum absolute atomic E-state index is 0.0284. The number of aromatic amines is 1. The number of H-pyrrole nitrogens is 1. The van der Waals surface area contributed by atoms with Gasteiger partial charge < -0.3 is 4.74 Å². The van der Waals surface area contributed by atoms with Crippen LogP contribution in [0.5, 0.6) is 5.75 Å². The van der Waals surface area contributed by atoms with Crippen molar-refractivity contribution in [1.29, 1.82) is 0 Å². The molecule has 0 radical (unpaired) electrons. The number of thiol groups is 1. The largest absolute Gasteiger partial charge is 0.420 e. The van der Waals surface area contributed by atoms with E-state index < -0.39 is 17.8 Å². The Labute approximate surface area is 194 Å². The second kappa shape index (κ2) is 9.70. The smallest absolute Gasteiger partial charge is 0.410 e. The van der Waals surface area contributed by atoms with E-state index in [2.05, 4.69) is 43.2 Å². The van der Waals surface area contributed by atoms with Gasteiger partial charge in [0.2, 0.25) is 0 Å². The molecule has 0 spiro atoms. The molecule has 4 rings (SSSR count). The van der Waals surface area contributed by atoms with Crippen LogP contribution in [0, 0.1) is 0 Å². The summed E-state index contributed by atoms with van der Waals surface area (Å²) >= 11 is 5.87. The number of nitrogens with one attached hydrogen (secondary N) is 1. The fourth-order valence-corrected chi connectivity index (χ4v) is 3.85. The number of thiazole rings is 1. The molecule has 0 saturated heterocycles. The highest BCUT2D eigenvalue weighted by Crippen LogP contribution is 2.30. The number of aromatic nitrogens is 6. The van der Waals surface area contributed by atoms with Gasteiger partial charge in [-0.3, -0.25) is 4.90 Å². The summed E-state index contributed by atoms with van der Waals surface area (Å²) < 4.78 is 43.7. The Hall–Kier alpha value is -3.26. The van der Waals surface area contributed by atoms with Gasteiger partial charge in [-0.05, 0) is 42.8 Å². The van der Waals surface area contributed by atoms with Gasteiger partial charge in [0.25, 0.3) is 0 Å². The van der Waals surface area contributed by atoms with Gasteiger partial charge >= 0.3 is 12.3 Å². The van der Waals surface area contributed by atoms with E-state index in [-0.39, 0.29) is 17.5 Å². The molecule has 1 unspecified atom stereocenters. The Bertz CT molecular complexity index is 1220. The number of pyridine rings is 1. The third-order valence-corrected chi connectivity index (χ3v) is 5.71. The van der Waals surface area contributed by atoms with Crippen molar-refractivity contribution in [3.05, 3.63) is 53.3 Å².